The van der Waals surface area contributed by atoms with Gasteiger partial charge in [-0.2, -0.15) is 13.2 Å². The largest absolute Gasteiger partial charge is 0.451 e. The molecule has 3 N–H and O–H groups in total. The van der Waals surface area contributed by atoms with Crippen molar-refractivity contribution in [1.82, 2.24) is 19.5 Å². The molecule has 0 spiro atoms. The average Bonchev–Trinajstić information content (AvgIpc) is 3.53. The van der Waals surface area contributed by atoms with E-state index in [2.05, 4.69) is 20.3 Å². The SMILES string of the molecule is NC(=O)c1c(-n2cnc3c(NC4CC4)nc(C(F)(F)F)nc32)cccc1S(=O)(=O)c1ccc(F)cc1. The van der Waals surface area contributed by atoms with Gasteiger partial charge in [-0.1, -0.05) is 6.07 Å². The lowest BCUT2D eigenvalue weighted by molar-refractivity contribution is -0.144. The number of amides is 1. The third-order valence-corrected chi connectivity index (χ3v) is 7.30. The maximum absolute atomic E-state index is 13.6. The first kappa shape index (κ1) is 23.7. The van der Waals surface area contributed by atoms with E-state index in [1.807, 2.05) is 0 Å². The van der Waals surface area contributed by atoms with Gasteiger partial charge in [-0.05, 0) is 49.2 Å². The molecule has 36 heavy (non-hydrogen) atoms. The van der Waals surface area contributed by atoms with Gasteiger partial charge in [0.2, 0.25) is 15.7 Å². The number of nitrogens with one attached hydrogen (secondary N) is 1. The zero-order chi connectivity index (χ0) is 25.8. The summed E-state index contributed by atoms with van der Waals surface area (Å²) in [5, 5.41) is 2.89. The quantitative estimate of drug-likeness (QED) is 0.294. The summed E-state index contributed by atoms with van der Waals surface area (Å²) in [5.41, 5.74) is 4.59. The number of halogens is 4. The van der Waals surface area contributed by atoms with Crippen molar-refractivity contribution < 1.29 is 30.8 Å². The number of rotatable bonds is 6. The van der Waals surface area contributed by atoms with E-state index in [1.54, 1.807) is 0 Å². The van der Waals surface area contributed by atoms with Crippen LogP contribution in [0.4, 0.5) is 23.4 Å². The Kier molecular flexibility index (Phi) is 5.43. The lowest BCUT2D eigenvalue weighted by Gasteiger charge is -2.15. The topological polar surface area (TPSA) is 133 Å². The fraction of sp³-hybridized carbons (Fsp3) is 0.182. The van der Waals surface area contributed by atoms with Crippen molar-refractivity contribution in [2.24, 2.45) is 5.73 Å². The number of aromatic nitrogens is 4. The molecule has 0 radical (unpaired) electrons. The van der Waals surface area contributed by atoms with Gasteiger partial charge in [0.15, 0.2) is 17.0 Å². The highest BCUT2D eigenvalue weighted by Gasteiger charge is 2.37. The molecule has 5 rings (SSSR count). The Morgan fingerprint density at radius 3 is 2.39 bits per heavy atom. The highest BCUT2D eigenvalue weighted by atomic mass is 32.2. The van der Waals surface area contributed by atoms with Crippen molar-refractivity contribution in [3.63, 3.8) is 0 Å². The summed E-state index contributed by atoms with van der Waals surface area (Å²) in [5.74, 6) is -3.40. The Morgan fingerprint density at radius 1 is 1.08 bits per heavy atom. The number of primary amides is 1. The van der Waals surface area contributed by atoms with Crippen LogP contribution in [-0.4, -0.2) is 39.9 Å². The molecule has 1 fully saturated rings. The molecule has 0 bridgehead atoms. The number of sulfone groups is 1. The van der Waals surface area contributed by atoms with Crippen LogP contribution < -0.4 is 11.1 Å². The smallest absolute Gasteiger partial charge is 0.365 e. The summed E-state index contributed by atoms with van der Waals surface area (Å²) in [6, 6.07) is 7.58. The van der Waals surface area contributed by atoms with Gasteiger partial charge in [0.05, 0.1) is 21.0 Å². The monoisotopic (exact) mass is 520 g/mol. The van der Waals surface area contributed by atoms with E-state index >= 15 is 0 Å². The first-order chi connectivity index (χ1) is 17.0. The summed E-state index contributed by atoms with van der Waals surface area (Å²) >= 11 is 0. The van der Waals surface area contributed by atoms with Crippen molar-refractivity contribution in [2.75, 3.05) is 5.32 Å². The zero-order valence-corrected chi connectivity index (χ0v) is 18.9. The molecule has 9 nitrogen and oxygen atoms in total. The number of nitrogens with zero attached hydrogens (tertiary/aromatic N) is 4. The molecule has 1 amide bonds. The molecular weight excluding hydrogens is 504 g/mol. The van der Waals surface area contributed by atoms with Gasteiger partial charge in [0, 0.05) is 6.04 Å². The second-order valence-electron chi connectivity index (χ2n) is 8.07. The van der Waals surface area contributed by atoms with Crippen LogP contribution in [0, 0.1) is 5.82 Å². The van der Waals surface area contributed by atoms with Crippen LogP contribution in [0.3, 0.4) is 0 Å². The number of alkyl halides is 3. The van der Waals surface area contributed by atoms with Gasteiger partial charge in [-0.3, -0.25) is 9.36 Å². The predicted molar refractivity (Wildman–Crippen MR) is 119 cm³/mol. The fourth-order valence-corrected chi connectivity index (χ4v) is 5.14. The molecule has 4 aromatic rings. The standard InChI is InChI=1S/C22H16F4N6O3S/c23-11-4-8-13(9-5-11)36(34,35)15-3-1-2-14(16(15)18(27)33)32-10-28-17-19(29-12-6-7-12)30-21(22(24,25)26)31-20(17)32/h1-5,8-10,12H,6-7H2,(H2,27,33)(H,29,30,31). The van der Waals surface area contributed by atoms with E-state index in [9.17, 15) is 30.8 Å². The highest BCUT2D eigenvalue weighted by molar-refractivity contribution is 7.91. The highest BCUT2D eigenvalue weighted by Crippen LogP contribution is 2.35. The molecule has 1 aliphatic rings. The number of fused-ring (bicyclic) bond motifs is 1. The number of hydrogen-bond donors (Lipinski definition) is 2. The predicted octanol–water partition coefficient (Wildman–Crippen LogP) is 3.48. The van der Waals surface area contributed by atoms with Gasteiger partial charge in [-0.15, -0.1) is 0 Å². The van der Waals surface area contributed by atoms with E-state index in [-0.39, 0.29) is 33.6 Å². The summed E-state index contributed by atoms with van der Waals surface area (Å²) in [6.07, 6.45) is -2.28. The Labute approximate surface area is 200 Å². The van der Waals surface area contributed by atoms with Gasteiger partial charge in [-0.25, -0.2) is 27.8 Å². The van der Waals surface area contributed by atoms with Crippen molar-refractivity contribution in [2.45, 2.75) is 34.9 Å². The minimum absolute atomic E-state index is 0.00267. The second kappa shape index (κ2) is 8.26. The van der Waals surface area contributed by atoms with Crippen molar-refractivity contribution in [3.05, 3.63) is 66.0 Å². The molecule has 2 aromatic carbocycles. The first-order valence-corrected chi connectivity index (χ1v) is 12.0. The Bertz CT molecular complexity index is 1610. The second-order valence-corrected chi connectivity index (χ2v) is 9.99. The van der Waals surface area contributed by atoms with Gasteiger partial charge in [0.25, 0.3) is 5.91 Å². The van der Waals surface area contributed by atoms with Crippen molar-refractivity contribution in [3.8, 4) is 5.69 Å². The van der Waals surface area contributed by atoms with Crippen LogP contribution in [0.15, 0.2) is 58.6 Å². The molecule has 1 saturated carbocycles. The van der Waals surface area contributed by atoms with Crippen molar-refractivity contribution in [1.29, 1.82) is 0 Å². The van der Waals surface area contributed by atoms with E-state index in [4.69, 9.17) is 5.73 Å². The Balaban J connectivity index is 1.75. The molecule has 186 valence electrons. The molecule has 0 atom stereocenters. The van der Waals surface area contributed by atoms with E-state index < -0.39 is 44.0 Å². The maximum Gasteiger partial charge on any atom is 0.451 e. The number of imidazole rings is 1. The van der Waals surface area contributed by atoms with Crippen LogP contribution >= 0.6 is 0 Å². The Morgan fingerprint density at radius 2 is 1.78 bits per heavy atom. The molecule has 0 aliphatic heterocycles. The molecule has 0 unspecified atom stereocenters. The molecule has 1 aliphatic carbocycles. The number of carbonyl (C=O) groups is 1. The summed E-state index contributed by atoms with van der Waals surface area (Å²) in [7, 11) is -4.37. The lowest BCUT2D eigenvalue weighted by Crippen LogP contribution is -2.20. The summed E-state index contributed by atoms with van der Waals surface area (Å²) in [4.78, 5) is 23.0. The van der Waals surface area contributed by atoms with Crippen LogP contribution in [-0.2, 0) is 16.0 Å². The van der Waals surface area contributed by atoms with E-state index in [1.165, 1.54) is 12.1 Å². The molecule has 2 heterocycles. The minimum Gasteiger partial charge on any atom is -0.365 e. The molecule has 2 aromatic heterocycles. The third-order valence-electron chi connectivity index (χ3n) is 5.49. The van der Waals surface area contributed by atoms with Crippen LogP contribution in [0.25, 0.3) is 16.9 Å². The number of carbonyl (C=O) groups excluding carboxylic acids is 1. The van der Waals surface area contributed by atoms with Gasteiger partial charge >= 0.3 is 6.18 Å². The van der Waals surface area contributed by atoms with Gasteiger partial charge in [0.1, 0.15) is 12.1 Å². The Hall–Kier alpha value is -4.07. The number of hydrogen-bond acceptors (Lipinski definition) is 7. The zero-order valence-electron chi connectivity index (χ0n) is 18.1. The summed E-state index contributed by atoms with van der Waals surface area (Å²) < 4.78 is 81.7. The average molecular weight is 520 g/mol. The molecule has 14 heteroatoms. The van der Waals surface area contributed by atoms with E-state index in [0.717, 1.165) is 54.1 Å². The lowest BCUT2D eigenvalue weighted by atomic mass is 10.1. The van der Waals surface area contributed by atoms with E-state index in [0.29, 0.717) is 0 Å². The van der Waals surface area contributed by atoms with Gasteiger partial charge < -0.3 is 11.1 Å². The van der Waals surface area contributed by atoms with Crippen LogP contribution in [0.5, 0.6) is 0 Å². The number of benzene rings is 2. The fourth-order valence-electron chi connectivity index (χ4n) is 3.66. The first-order valence-electron chi connectivity index (χ1n) is 10.5. The van der Waals surface area contributed by atoms with Crippen molar-refractivity contribution >= 4 is 32.7 Å². The number of anilines is 1. The number of nitrogens with two attached hydrogens (primary N) is 1. The van der Waals surface area contributed by atoms with Crippen LogP contribution in [0.1, 0.15) is 29.0 Å². The molecule has 0 saturated heterocycles. The maximum atomic E-state index is 13.6. The minimum atomic E-state index is -4.89. The normalized spacial score (nSPS) is 14.2. The molecular formula is C22H16F4N6O3S. The summed E-state index contributed by atoms with van der Waals surface area (Å²) in [6.45, 7) is 0. The third kappa shape index (κ3) is 4.12. The van der Waals surface area contributed by atoms with Crippen LogP contribution in [0.2, 0.25) is 0 Å².